The zero-order valence-corrected chi connectivity index (χ0v) is 12.8. The first kappa shape index (κ1) is 13.1. The molecule has 4 heteroatoms. The molecule has 0 atom stereocenters. The molecule has 5 aromatic rings. The van der Waals surface area contributed by atoms with Crippen LogP contribution in [-0.2, 0) is 0 Å². The van der Waals surface area contributed by atoms with Crippen LogP contribution in [0.15, 0.2) is 78.9 Å². The number of aromatic nitrogens is 3. The molecule has 0 saturated heterocycles. The molecular weight excluding hydrogens is 298 g/mol. The Bertz CT molecular complexity index is 1190. The third kappa shape index (κ3) is 2.01. The summed E-state index contributed by atoms with van der Waals surface area (Å²) in [6.45, 7) is 0. The molecule has 0 radical (unpaired) electrons. The number of rotatable bonds is 2. The van der Waals surface area contributed by atoms with Crippen LogP contribution in [0.5, 0.6) is 5.75 Å². The van der Waals surface area contributed by atoms with Crippen LogP contribution in [0.25, 0.3) is 32.6 Å². The molecule has 0 spiro atoms. The monoisotopic (exact) mass is 311 g/mol. The molecular formula is C20H13N3O. The van der Waals surface area contributed by atoms with Gasteiger partial charge >= 0.3 is 0 Å². The fraction of sp³-hybridized carbons (Fsp3) is 0. The molecule has 1 heterocycles. The lowest BCUT2D eigenvalue weighted by molar-refractivity contribution is 0.187. The van der Waals surface area contributed by atoms with Gasteiger partial charge in [-0.2, -0.15) is 0 Å². The average Bonchev–Trinajstić information content (AvgIpc) is 3.04. The van der Waals surface area contributed by atoms with Crippen LogP contribution in [0.3, 0.4) is 0 Å². The second kappa shape index (κ2) is 5.06. The fourth-order valence-corrected chi connectivity index (χ4v) is 3.03. The summed E-state index contributed by atoms with van der Waals surface area (Å²) in [5.74, 6) is 0.758. The summed E-state index contributed by atoms with van der Waals surface area (Å²) >= 11 is 0. The fourth-order valence-electron chi connectivity index (χ4n) is 3.03. The maximum absolute atomic E-state index is 6.04. The van der Waals surface area contributed by atoms with E-state index in [0.717, 1.165) is 27.6 Å². The minimum atomic E-state index is 0.758. The van der Waals surface area contributed by atoms with E-state index >= 15 is 0 Å². The Hall–Kier alpha value is -3.40. The largest absolute Gasteiger partial charge is 0.355 e. The van der Waals surface area contributed by atoms with E-state index in [1.807, 2.05) is 42.5 Å². The lowest BCUT2D eigenvalue weighted by atomic mass is 10.0. The number of benzene rings is 4. The molecule has 0 unspecified atom stereocenters. The van der Waals surface area contributed by atoms with Gasteiger partial charge in [-0.05, 0) is 51.7 Å². The summed E-state index contributed by atoms with van der Waals surface area (Å²) in [7, 11) is 0. The Kier molecular flexibility index (Phi) is 2.76. The van der Waals surface area contributed by atoms with Gasteiger partial charge in [0, 0.05) is 5.39 Å². The van der Waals surface area contributed by atoms with Gasteiger partial charge in [-0.1, -0.05) is 53.4 Å². The number of nitrogens with zero attached hydrogens (tertiary/aromatic N) is 3. The summed E-state index contributed by atoms with van der Waals surface area (Å²) in [4.78, 5) is 7.51. The zero-order valence-electron chi connectivity index (χ0n) is 12.8. The normalized spacial score (nSPS) is 11.3. The Balaban J connectivity index is 1.70. The molecule has 1 aromatic heterocycles. The van der Waals surface area contributed by atoms with Crippen LogP contribution in [0, 0.1) is 0 Å². The van der Waals surface area contributed by atoms with Crippen molar-refractivity contribution in [2.24, 2.45) is 0 Å². The molecule has 0 aliphatic carbocycles. The molecule has 4 aromatic carbocycles. The highest BCUT2D eigenvalue weighted by molar-refractivity contribution is 6.00. The van der Waals surface area contributed by atoms with Crippen molar-refractivity contribution < 1.29 is 4.84 Å². The Labute approximate surface area is 137 Å². The van der Waals surface area contributed by atoms with Gasteiger partial charge in [0.05, 0.1) is 0 Å². The SMILES string of the molecule is c1ccc2cc3c(On4nnc5ccccc54)cccc3cc2c1. The van der Waals surface area contributed by atoms with Crippen LogP contribution in [0.4, 0.5) is 0 Å². The minimum Gasteiger partial charge on any atom is -0.355 e. The summed E-state index contributed by atoms with van der Waals surface area (Å²) < 4.78 is 0. The van der Waals surface area contributed by atoms with Crippen LogP contribution in [-0.4, -0.2) is 15.2 Å². The third-order valence-electron chi connectivity index (χ3n) is 4.21. The highest BCUT2D eigenvalue weighted by Crippen LogP contribution is 2.30. The molecule has 0 fully saturated rings. The third-order valence-corrected chi connectivity index (χ3v) is 4.21. The molecule has 0 bridgehead atoms. The van der Waals surface area contributed by atoms with Crippen LogP contribution < -0.4 is 4.84 Å². The van der Waals surface area contributed by atoms with Crippen molar-refractivity contribution in [2.45, 2.75) is 0 Å². The standard InChI is InChI=1S/C20H13N3O/c1-2-7-15-13-17-16(12-14(15)6-1)8-5-11-20(17)24-23-19-10-4-3-9-18(19)21-22-23/h1-13H. The van der Waals surface area contributed by atoms with Gasteiger partial charge in [-0.15, -0.1) is 5.10 Å². The van der Waals surface area contributed by atoms with E-state index in [9.17, 15) is 0 Å². The van der Waals surface area contributed by atoms with E-state index in [0.29, 0.717) is 0 Å². The first-order chi connectivity index (χ1) is 11.9. The molecule has 0 N–H and O–H groups in total. The van der Waals surface area contributed by atoms with Crippen molar-refractivity contribution >= 4 is 32.6 Å². The predicted molar refractivity (Wildman–Crippen MR) is 95.0 cm³/mol. The van der Waals surface area contributed by atoms with Crippen molar-refractivity contribution in [3.8, 4) is 5.75 Å². The van der Waals surface area contributed by atoms with E-state index in [1.54, 1.807) is 0 Å². The number of hydrogen-bond donors (Lipinski definition) is 0. The maximum atomic E-state index is 6.04. The molecule has 0 aliphatic rings. The maximum Gasteiger partial charge on any atom is 0.165 e. The highest BCUT2D eigenvalue weighted by atomic mass is 16.7. The van der Waals surface area contributed by atoms with Crippen LogP contribution in [0.1, 0.15) is 0 Å². The van der Waals surface area contributed by atoms with Crippen LogP contribution >= 0.6 is 0 Å². The van der Waals surface area contributed by atoms with E-state index in [-0.39, 0.29) is 0 Å². The Morgan fingerprint density at radius 3 is 2.38 bits per heavy atom. The van der Waals surface area contributed by atoms with Gasteiger partial charge in [0.25, 0.3) is 0 Å². The first-order valence-electron chi connectivity index (χ1n) is 7.79. The lowest BCUT2D eigenvalue weighted by Gasteiger charge is -2.09. The quantitative estimate of drug-likeness (QED) is 0.448. The van der Waals surface area contributed by atoms with E-state index in [2.05, 4.69) is 46.7 Å². The van der Waals surface area contributed by atoms with Crippen LogP contribution in [0.2, 0.25) is 0 Å². The summed E-state index contributed by atoms with van der Waals surface area (Å²) in [6, 6.07) is 26.4. The average molecular weight is 311 g/mol. The first-order valence-corrected chi connectivity index (χ1v) is 7.79. The number of fused-ring (bicyclic) bond motifs is 3. The molecule has 5 rings (SSSR count). The van der Waals surface area contributed by atoms with E-state index in [4.69, 9.17) is 4.84 Å². The van der Waals surface area contributed by atoms with Gasteiger partial charge in [0.2, 0.25) is 0 Å². The van der Waals surface area contributed by atoms with Gasteiger partial charge in [0.1, 0.15) is 11.0 Å². The Morgan fingerprint density at radius 1 is 0.708 bits per heavy atom. The van der Waals surface area contributed by atoms with Gasteiger partial charge in [-0.3, -0.25) is 0 Å². The van der Waals surface area contributed by atoms with Crippen molar-refractivity contribution in [3.05, 3.63) is 78.9 Å². The number of para-hydroxylation sites is 1. The van der Waals surface area contributed by atoms with Crippen molar-refractivity contribution in [2.75, 3.05) is 0 Å². The van der Waals surface area contributed by atoms with Gasteiger partial charge in [0.15, 0.2) is 5.75 Å². The number of hydrogen-bond acceptors (Lipinski definition) is 3. The van der Waals surface area contributed by atoms with E-state index < -0.39 is 0 Å². The predicted octanol–water partition coefficient (Wildman–Crippen LogP) is 4.58. The topological polar surface area (TPSA) is 39.9 Å². The molecule has 114 valence electrons. The lowest BCUT2D eigenvalue weighted by Crippen LogP contribution is -2.07. The summed E-state index contributed by atoms with van der Waals surface area (Å²) in [5.41, 5.74) is 1.65. The second-order valence-corrected chi connectivity index (χ2v) is 5.72. The summed E-state index contributed by atoms with van der Waals surface area (Å²) in [6.07, 6.45) is 0. The molecule has 0 saturated carbocycles. The van der Waals surface area contributed by atoms with Crippen molar-refractivity contribution in [1.29, 1.82) is 0 Å². The molecule has 24 heavy (non-hydrogen) atoms. The van der Waals surface area contributed by atoms with E-state index in [1.165, 1.54) is 15.6 Å². The highest BCUT2D eigenvalue weighted by Gasteiger charge is 2.09. The smallest absolute Gasteiger partial charge is 0.165 e. The molecule has 0 amide bonds. The van der Waals surface area contributed by atoms with Gasteiger partial charge < -0.3 is 4.84 Å². The zero-order chi connectivity index (χ0) is 15.9. The van der Waals surface area contributed by atoms with Gasteiger partial charge in [-0.25, -0.2) is 0 Å². The van der Waals surface area contributed by atoms with Crippen molar-refractivity contribution in [3.63, 3.8) is 0 Å². The molecule has 0 aliphatic heterocycles. The molecule has 4 nitrogen and oxygen atoms in total. The van der Waals surface area contributed by atoms with Crippen molar-refractivity contribution in [1.82, 2.24) is 15.2 Å². The summed E-state index contributed by atoms with van der Waals surface area (Å²) in [5, 5.41) is 12.8. The minimum absolute atomic E-state index is 0.758. The second-order valence-electron chi connectivity index (χ2n) is 5.72. The Morgan fingerprint density at radius 2 is 1.46 bits per heavy atom.